The van der Waals surface area contributed by atoms with Crippen LogP contribution in [0.4, 0.5) is 4.39 Å². The largest absolute Gasteiger partial charge is 0.354 e. The number of nitrogens with zero attached hydrogens (tertiary/aromatic N) is 1. The number of benzene rings is 2. The number of thioether (sulfide) groups is 1. The van der Waals surface area contributed by atoms with Crippen LogP contribution in [0.3, 0.4) is 0 Å². The van der Waals surface area contributed by atoms with Crippen molar-refractivity contribution in [2.24, 2.45) is 0 Å². The molecule has 0 heterocycles. The van der Waals surface area contributed by atoms with E-state index in [2.05, 4.69) is 12.2 Å². The number of hydrogen-bond acceptors (Lipinski definition) is 3. The van der Waals surface area contributed by atoms with Gasteiger partial charge in [0, 0.05) is 18.8 Å². The summed E-state index contributed by atoms with van der Waals surface area (Å²) in [6.07, 6.45) is 2.44. The molecule has 0 spiro atoms. The van der Waals surface area contributed by atoms with Crippen molar-refractivity contribution in [1.82, 2.24) is 10.2 Å². The second kappa shape index (κ2) is 13.1. The van der Waals surface area contributed by atoms with E-state index in [0.29, 0.717) is 30.8 Å². The molecule has 1 unspecified atom stereocenters. The molecular weight excluding hydrogens is 399 g/mol. The lowest BCUT2D eigenvalue weighted by molar-refractivity contribution is -0.139. The molecule has 2 amide bonds. The fraction of sp³-hybridized carbons (Fsp3) is 0.417. The van der Waals surface area contributed by atoms with Crippen molar-refractivity contribution < 1.29 is 14.0 Å². The van der Waals surface area contributed by atoms with Gasteiger partial charge in [-0.15, -0.1) is 11.8 Å². The predicted molar refractivity (Wildman–Crippen MR) is 122 cm³/mol. The summed E-state index contributed by atoms with van der Waals surface area (Å²) in [5.41, 5.74) is 1.55. The third-order valence-corrected chi connectivity index (χ3v) is 5.82. The van der Waals surface area contributed by atoms with Crippen LogP contribution in [-0.4, -0.2) is 35.1 Å². The van der Waals surface area contributed by atoms with E-state index in [9.17, 15) is 14.0 Å². The zero-order valence-corrected chi connectivity index (χ0v) is 18.6. The minimum Gasteiger partial charge on any atom is -0.354 e. The van der Waals surface area contributed by atoms with Crippen LogP contribution in [0.1, 0.15) is 44.2 Å². The molecule has 2 aromatic carbocycles. The van der Waals surface area contributed by atoms with Crippen LogP contribution in [-0.2, 0) is 21.9 Å². The van der Waals surface area contributed by atoms with Crippen molar-refractivity contribution in [2.75, 3.05) is 12.3 Å². The SMILES string of the molecule is CCCCNC(=O)C(CC)N(Cc1ccccc1)C(=O)CSCc1ccccc1F. The molecule has 1 N–H and O–H groups in total. The number of halogens is 1. The first-order chi connectivity index (χ1) is 14.6. The summed E-state index contributed by atoms with van der Waals surface area (Å²) in [5, 5.41) is 2.96. The van der Waals surface area contributed by atoms with Gasteiger partial charge in [0.1, 0.15) is 11.9 Å². The van der Waals surface area contributed by atoms with Gasteiger partial charge < -0.3 is 10.2 Å². The molecule has 162 valence electrons. The topological polar surface area (TPSA) is 49.4 Å². The molecule has 0 aromatic heterocycles. The molecule has 0 saturated heterocycles. The minimum atomic E-state index is -0.524. The van der Waals surface area contributed by atoms with Gasteiger partial charge >= 0.3 is 0 Å². The zero-order chi connectivity index (χ0) is 21.8. The molecular formula is C24H31FN2O2S. The summed E-state index contributed by atoms with van der Waals surface area (Å²) in [6, 6.07) is 15.7. The molecule has 30 heavy (non-hydrogen) atoms. The summed E-state index contributed by atoms with van der Waals surface area (Å²) in [7, 11) is 0. The Morgan fingerprint density at radius 2 is 1.77 bits per heavy atom. The maximum atomic E-state index is 13.8. The highest BCUT2D eigenvalue weighted by atomic mass is 32.2. The average molecular weight is 431 g/mol. The first kappa shape index (κ1) is 23.9. The van der Waals surface area contributed by atoms with Crippen LogP contribution in [0.15, 0.2) is 54.6 Å². The van der Waals surface area contributed by atoms with Crippen LogP contribution in [0, 0.1) is 5.82 Å². The first-order valence-electron chi connectivity index (χ1n) is 10.5. The third-order valence-electron chi connectivity index (χ3n) is 4.85. The van der Waals surface area contributed by atoms with Crippen molar-refractivity contribution in [1.29, 1.82) is 0 Å². The summed E-state index contributed by atoms with van der Waals surface area (Å²) in [4.78, 5) is 27.5. The average Bonchev–Trinajstić information content (AvgIpc) is 2.75. The molecule has 0 aliphatic rings. The van der Waals surface area contributed by atoms with Crippen molar-refractivity contribution in [3.63, 3.8) is 0 Å². The number of carbonyl (C=O) groups is 2. The van der Waals surface area contributed by atoms with E-state index in [1.54, 1.807) is 23.1 Å². The van der Waals surface area contributed by atoms with Crippen LogP contribution >= 0.6 is 11.8 Å². The standard InChI is InChI=1S/C24H31FN2O2S/c1-3-5-15-26-24(29)22(4-2)27(16-19-11-7-6-8-12-19)23(28)18-30-17-20-13-9-10-14-21(20)25/h6-14,22H,3-5,15-18H2,1-2H3,(H,26,29). The van der Waals surface area contributed by atoms with E-state index in [4.69, 9.17) is 0 Å². The summed E-state index contributed by atoms with van der Waals surface area (Å²) in [5.74, 6) is 0.115. The minimum absolute atomic E-state index is 0.113. The smallest absolute Gasteiger partial charge is 0.242 e. The molecule has 0 radical (unpaired) electrons. The van der Waals surface area contributed by atoms with Gasteiger partial charge in [0.05, 0.1) is 5.75 Å². The number of carbonyl (C=O) groups excluding carboxylic acids is 2. The van der Waals surface area contributed by atoms with Gasteiger partial charge in [-0.2, -0.15) is 0 Å². The Bertz CT molecular complexity index is 801. The Hall–Kier alpha value is -2.34. The molecule has 2 rings (SSSR count). The lowest BCUT2D eigenvalue weighted by Gasteiger charge is -2.30. The Morgan fingerprint density at radius 3 is 2.43 bits per heavy atom. The zero-order valence-electron chi connectivity index (χ0n) is 17.8. The van der Waals surface area contributed by atoms with Crippen molar-refractivity contribution in [3.05, 3.63) is 71.5 Å². The van der Waals surface area contributed by atoms with E-state index >= 15 is 0 Å². The maximum Gasteiger partial charge on any atom is 0.242 e. The molecule has 0 bridgehead atoms. The van der Waals surface area contributed by atoms with Gasteiger partial charge in [0.2, 0.25) is 11.8 Å². The predicted octanol–water partition coefficient (Wildman–Crippen LogP) is 4.78. The van der Waals surface area contributed by atoms with E-state index in [-0.39, 0.29) is 23.4 Å². The maximum absolute atomic E-state index is 13.8. The number of unbranched alkanes of at least 4 members (excludes halogenated alkanes) is 1. The Balaban J connectivity index is 2.07. The lowest BCUT2D eigenvalue weighted by atomic mass is 10.1. The van der Waals surface area contributed by atoms with Crippen LogP contribution in [0.2, 0.25) is 0 Å². The second-order valence-corrected chi connectivity index (χ2v) is 8.15. The van der Waals surface area contributed by atoms with Gasteiger partial charge in [0.15, 0.2) is 0 Å². The molecule has 4 nitrogen and oxygen atoms in total. The highest BCUT2D eigenvalue weighted by Crippen LogP contribution is 2.18. The monoisotopic (exact) mass is 430 g/mol. The molecule has 0 aliphatic carbocycles. The number of nitrogens with one attached hydrogen (secondary N) is 1. The second-order valence-electron chi connectivity index (χ2n) is 7.16. The van der Waals surface area contributed by atoms with Crippen molar-refractivity contribution in [3.8, 4) is 0 Å². The highest BCUT2D eigenvalue weighted by molar-refractivity contribution is 7.99. The number of hydrogen-bond donors (Lipinski definition) is 1. The summed E-state index contributed by atoms with van der Waals surface area (Å²) < 4.78 is 13.8. The molecule has 0 aliphatic heterocycles. The van der Waals surface area contributed by atoms with E-state index in [1.165, 1.54) is 17.8 Å². The van der Waals surface area contributed by atoms with Gasteiger partial charge in [-0.25, -0.2) is 4.39 Å². The summed E-state index contributed by atoms with van der Waals surface area (Å²) in [6.45, 7) is 4.98. The van der Waals surface area contributed by atoms with Gasteiger partial charge in [-0.05, 0) is 30.0 Å². The van der Waals surface area contributed by atoms with Crippen molar-refractivity contribution >= 4 is 23.6 Å². The molecule has 0 saturated carbocycles. The fourth-order valence-corrected chi connectivity index (χ4v) is 4.05. The van der Waals surface area contributed by atoms with Gasteiger partial charge in [-0.1, -0.05) is 68.8 Å². The highest BCUT2D eigenvalue weighted by Gasteiger charge is 2.28. The Labute approximate surface area is 183 Å². The third kappa shape index (κ3) is 7.48. The number of amides is 2. The lowest BCUT2D eigenvalue weighted by Crippen LogP contribution is -2.49. The van der Waals surface area contributed by atoms with Crippen LogP contribution in [0.25, 0.3) is 0 Å². The van der Waals surface area contributed by atoms with Crippen LogP contribution < -0.4 is 5.32 Å². The fourth-order valence-electron chi connectivity index (χ4n) is 3.15. The van der Waals surface area contributed by atoms with Gasteiger partial charge in [-0.3, -0.25) is 9.59 Å². The van der Waals surface area contributed by atoms with E-state index in [0.717, 1.165) is 18.4 Å². The molecule has 2 aromatic rings. The number of rotatable bonds is 12. The molecule has 6 heteroatoms. The Morgan fingerprint density at radius 1 is 1.07 bits per heavy atom. The van der Waals surface area contributed by atoms with Crippen molar-refractivity contribution in [2.45, 2.75) is 51.4 Å². The normalized spacial score (nSPS) is 11.7. The quantitative estimate of drug-likeness (QED) is 0.493. The summed E-state index contributed by atoms with van der Waals surface area (Å²) >= 11 is 1.37. The van der Waals surface area contributed by atoms with E-state index in [1.807, 2.05) is 37.3 Å². The Kier molecular flexibility index (Phi) is 10.4. The molecule has 0 fully saturated rings. The first-order valence-corrected chi connectivity index (χ1v) is 11.6. The van der Waals surface area contributed by atoms with Crippen LogP contribution in [0.5, 0.6) is 0 Å². The molecule has 1 atom stereocenters. The van der Waals surface area contributed by atoms with Gasteiger partial charge in [0.25, 0.3) is 0 Å². The van der Waals surface area contributed by atoms with E-state index < -0.39 is 6.04 Å².